The lowest BCUT2D eigenvalue weighted by atomic mass is 10.00. The molecule has 1 aromatic carbocycles. The average molecular weight is 300 g/mol. The molecule has 2 atom stereocenters. The van der Waals surface area contributed by atoms with Crippen LogP contribution < -0.4 is 9.47 Å². The van der Waals surface area contributed by atoms with Crippen LogP contribution >= 0.6 is 0 Å². The Kier molecular flexibility index (Phi) is 4.55. The van der Waals surface area contributed by atoms with Crippen molar-refractivity contribution >= 4 is 9.84 Å². The second-order valence-corrected chi connectivity index (χ2v) is 7.26. The van der Waals surface area contributed by atoms with Crippen LogP contribution in [0.15, 0.2) is 18.2 Å². The van der Waals surface area contributed by atoms with Crippen LogP contribution in [0.4, 0.5) is 0 Å². The molecule has 5 nitrogen and oxygen atoms in total. The Morgan fingerprint density at radius 1 is 1.20 bits per heavy atom. The van der Waals surface area contributed by atoms with Crippen molar-refractivity contribution in [3.8, 4) is 11.5 Å². The molecule has 6 heteroatoms. The molecule has 112 valence electrons. The smallest absolute Gasteiger partial charge is 0.156 e. The predicted molar refractivity (Wildman–Crippen MR) is 75.9 cm³/mol. The van der Waals surface area contributed by atoms with Crippen molar-refractivity contribution in [3.05, 3.63) is 23.8 Å². The van der Waals surface area contributed by atoms with Gasteiger partial charge in [0, 0.05) is 0 Å². The zero-order valence-electron chi connectivity index (χ0n) is 11.7. The first-order valence-corrected chi connectivity index (χ1v) is 8.33. The van der Waals surface area contributed by atoms with Gasteiger partial charge in [-0.25, -0.2) is 8.42 Å². The second kappa shape index (κ2) is 6.01. The van der Waals surface area contributed by atoms with Crippen LogP contribution in [0.3, 0.4) is 0 Å². The Hall–Kier alpha value is -1.27. The number of aliphatic hydroxyl groups is 1. The van der Waals surface area contributed by atoms with E-state index in [0.29, 0.717) is 29.9 Å². The van der Waals surface area contributed by atoms with Gasteiger partial charge in [-0.3, -0.25) is 0 Å². The van der Waals surface area contributed by atoms with Gasteiger partial charge in [-0.05, 0) is 25.0 Å². The topological polar surface area (TPSA) is 72.8 Å². The molecular weight excluding hydrogens is 280 g/mol. The van der Waals surface area contributed by atoms with Crippen LogP contribution in [0.25, 0.3) is 0 Å². The summed E-state index contributed by atoms with van der Waals surface area (Å²) in [7, 11) is -0.309. The van der Waals surface area contributed by atoms with Crippen LogP contribution in [0.5, 0.6) is 11.5 Å². The molecule has 0 aromatic heterocycles. The fourth-order valence-electron chi connectivity index (χ4n) is 2.69. The van der Waals surface area contributed by atoms with Crippen LogP contribution in [0, 0.1) is 0 Å². The van der Waals surface area contributed by atoms with E-state index in [9.17, 15) is 13.5 Å². The highest BCUT2D eigenvalue weighted by Gasteiger charge is 2.37. The van der Waals surface area contributed by atoms with Crippen LogP contribution in [-0.4, -0.2) is 38.7 Å². The Balaban J connectivity index is 2.44. The average Bonchev–Trinajstić information content (AvgIpc) is 2.45. The van der Waals surface area contributed by atoms with Gasteiger partial charge >= 0.3 is 0 Å². The minimum Gasteiger partial charge on any atom is -0.496 e. The Labute approximate surface area is 119 Å². The molecule has 1 heterocycles. The molecule has 0 spiro atoms. The van der Waals surface area contributed by atoms with Crippen molar-refractivity contribution < 1.29 is 23.0 Å². The van der Waals surface area contributed by atoms with E-state index in [1.54, 1.807) is 18.2 Å². The van der Waals surface area contributed by atoms with E-state index in [1.165, 1.54) is 14.2 Å². The first kappa shape index (κ1) is 15.1. The van der Waals surface area contributed by atoms with Gasteiger partial charge < -0.3 is 14.6 Å². The van der Waals surface area contributed by atoms with E-state index >= 15 is 0 Å². The number of ether oxygens (including phenoxy) is 2. The molecule has 0 bridgehead atoms. The fraction of sp³-hybridized carbons (Fsp3) is 0.571. The number of methoxy groups -OCH3 is 2. The number of aliphatic hydroxyl groups excluding tert-OH is 1. The van der Waals surface area contributed by atoms with E-state index in [0.717, 1.165) is 6.42 Å². The number of hydrogen-bond donors (Lipinski definition) is 1. The first-order valence-electron chi connectivity index (χ1n) is 6.61. The number of rotatable bonds is 4. The van der Waals surface area contributed by atoms with Crippen LogP contribution in [0.2, 0.25) is 0 Å². The van der Waals surface area contributed by atoms with Crippen molar-refractivity contribution in [2.45, 2.75) is 30.6 Å². The molecule has 2 unspecified atom stereocenters. The summed E-state index contributed by atoms with van der Waals surface area (Å²) < 4.78 is 34.8. The van der Waals surface area contributed by atoms with Gasteiger partial charge in [0.15, 0.2) is 9.84 Å². The molecule has 1 N–H and O–H groups in total. The van der Waals surface area contributed by atoms with Crippen LogP contribution in [0.1, 0.15) is 30.9 Å². The highest BCUT2D eigenvalue weighted by molar-refractivity contribution is 7.92. The van der Waals surface area contributed by atoms with Gasteiger partial charge in [0.2, 0.25) is 0 Å². The normalized spacial score (nSPS) is 23.1. The SMILES string of the molecule is COc1cccc(OC)c1C(O)C1CCCCS1(=O)=O. The summed E-state index contributed by atoms with van der Waals surface area (Å²) in [5, 5.41) is 9.78. The molecule has 0 aliphatic carbocycles. The van der Waals surface area contributed by atoms with Gasteiger partial charge in [0.05, 0.1) is 30.8 Å². The number of sulfone groups is 1. The zero-order valence-corrected chi connectivity index (χ0v) is 12.5. The third kappa shape index (κ3) is 2.76. The third-order valence-corrected chi connectivity index (χ3v) is 6.02. The summed E-state index contributed by atoms with van der Waals surface area (Å²) in [6.45, 7) is 0. The summed E-state index contributed by atoms with van der Waals surface area (Å²) in [6.07, 6.45) is 0.795. The molecule has 1 aliphatic heterocycles. The molecule has 1 aromatic rings. The van der Waals surface area contributed by atoms with E-state index < -0.39 is 21.2 Å². The maximum atomic E-state index is 12.2. The van der Waals surface area contributed by atoms with Gasteiger partial charge in [0.1, 0.15) is 17.6 Å². The van der Waals surface area contributed by atoms with Gasteiger partial charge in [-0.1, -0.05) is 12.5 Å². The summed E-state index contributed by atoms with van der Waals surface area (Å²) >= 11 is 0. The molecule has 0 radical (unpaired) electrons. The zero-order chi connectivity index (χ0) is 14.8. The van der Waals surface area contributed by atoms with E-state index in [2.05, 4.69) is 0 Å². The summed E-state index contributed by atoms with van der Waals surface area (Å²) in [4.78, 5) is 0. The maximum absolute atomic E-state index is 12.2. The summed E-state index contributed by atoms with van der Waals surface area (Å²) in [5.41, 5.74) is 0.410. The highest BCUT2D eigenvalue weighted by atomic mass is 32.2. The van der Waals surface area contributed by atoms with Crippen molar-refractivity contribution in [2.24, 2.45) is 0 Å². The van der Waals surface area contributed by atoms with Gasteiger partial charge in [-0.15, -0.1) is 0 Å². The lowest BCUT2D eigenvalue weighted by molar-refractivity contribution is 0.156. The minimum absolute atomic E-state index is 0.131. The van der Waals surface area contributed by atoms with Crippen LogP contribution in [-0.2, 0) is 9.84 Å². The van der Waals surface area contributed by atoms with E-state index in [1.807, 2.05) is 0 Å². The predicted octanol–water partition coefficient (Wildman–Crippen LogP) is 1.70. The summed E-state index contributed by atoms with van der Waals surface area (Å²) in [5.74, 6) is 1.02. The molecule has 1 fully saturated rings. The number of hydrogen-bond acceptors (Lipinski definition) is 5. The van der Waals surface area contributed by atoms with Crippen molar-refractivity contribution in [1.82, 2.24) is 0 Å². The monoisotopic (exact) mass is 300 g/mol. The minimum atomic E-state index is -3.28. The van der Waals surface area contributed by atoms with Crippen molar-refractivity contribution in [1.29, 1.82) is 0 Å². The molecule has 2 rings (SSSR count). The lowest BCUT2D eigenvalue weighted by Crippen LogP contribution is -2.34. The Bertz CT molecular complexity index is 545. The Morgan fingerprint density at radius 3 is 2.30 bits per heavy atom. The quantitative estimate of drug-likeness (QED) is 0.916. The maximum Gasteiger partial charge on any atom is 0.156 e. The lowest BCUT2D eigenvalue weighted by Gasteiger charge is -2.28. The van der Waals surface area contributed by atoms with Crippen molar-refractivity contribution in [2.75, 3.05) is 20.0 Å². The molecule has 20 heavy (non-hydrogen) atoms. The summed E-state index contributed by atoms with van der Waals surface area (Å²) in [6, 6.07) is 5.12. The van der Waals surface area contributed by atoms with Crippen molar-refractivity contribution in [3.63, 3.8) is 0 Å². The molecule has 1 aliphatic rings. The largest absolute Gasteiger partial charge is 0.496 e. The number of benzene rings is 1. The fourth-order valence-corrected chi connectivity index (χ4v) is 4.66. The van der Waals surface area contributed by atoms with Gasteiger partial charge in [0.25, 0.3) is 0 Å². The molecular formula is C14H20O5S. The third-order valence-electron chi connectivity index (χ3n) is 3.74. The van der Waals surface area contributed by atoms with E-state index in [-0.39, 0.29) is 5.75 Å². The van der Waals surface area contributed by atoms with E-state index in [4.69, 9.17) is 9.47 Å². The molecule has 0 amide bonds. The Morgan fingerprint density at radius 2 is 1.80 bits per heavy atom. The standard InChI is InChI=1S/C14H20O5S/c1-18-10-6-5-7-11(19-2)13(10)14(15)12-8-3-4-9-20(12,16)17/h5-7,12,14-15H,3-4,8-9H2,1-2H3. The second-order valence-electron chi connectivity index (χ2n) is 4.92. The molecule has 0 saturated carbocycles. The highest BCUT2D eigenvalue weighted by Crippen LogP contribution is 2.39. The first-order chi connectivity index (χ1) is 9.51. The molecule has 1 saturated heterocycles. The van der Waals surface area contributed by atoms with Gasteiger partial charge in [-0.2, -0.15) is 0 Å².